The standard InChI is InChI=1S/C10H8ClF6NO.ClH/c11-6-2-1-4(3-5(6)9(12,13)14)7(18)8(19)10(15,16)17;/h1-3,7-8,19H,18H2;1H/t7-,8-;/m0./s1. The van der Waals surface area contributed by atoms with Gasteiger partial charge in [-0.3, -0.25) is 0 Å². The van der Waals surface area contributed by atoms with Crippen molar-refractivity contribution in [1.29, 1.82) is 0 Å². The molecule has 10 heteroatoms. The average molecular weight is 344 g/mol. The predicted octanol–water partition coefficient (Wildman–Crippen LogP) is 3.70. The van der Waals surface area contributed by atoms with Gasteiger partial charge in [-0.15, -0.1) is 12.4 Å². The van der Waals surface area contributed by atoms with Gasteiger partial charge in [0.25, 0.3) is 0 Å². The Hall–Kier alpha value is -0.700. The molecule has 3 N–H and O–H groups in total. The number of nitrogens with two attached hydrogens (primary N) is 1. The van der Waals surface area contributed by atoms with Crippen LogP contribution in [0.4, 0.5) is 26.3 Å². The molecule has 0 aliphatic carbocycles. The number of rotatable bonds is 2. The van der Waals surface area contributed by atoms with E-state index in [-0.39, 0.29) is 12.4 Å². The van der Waals surface area contributed by atoms with Gasteiger partial charge in [0.05, 0.1) is 16.6 Å². The van der Waals surface area contributed by atoms with Crippen molar-refractivity contribution in [3.63, 3.8) is 0 Å². The molecule has 1 aromatic carbocycles. The van der Waals surface area contributed by atoms with Crippen molar-refractivity contribution < 1.29 is 31.4 Å². The van der Waals surface area contributed by atoms with Gasteiger partial charge in [-0.25, -0.2) is 0 Å². The van der Waals surface area contributed by atoms with Gasteiger partial charge < -0.3 is 10.8 Å². The normalized spacial score (nSPS) is 15.4. The molecule has 2 nitrogen and oxygen atoms in total. The zero-order chi connectivity index (χ0) is 15.0. The molecule has 1 rings (SSSR count). The maximum Gasteiger partial charge on any atom is 0.417 e. The number of aliphatic hydroxyl groups excluding tert-OH is 1. The van der Waals surface area contributed by atoms with Crippen LogP contribution in [0.2, 0.25) is 5.02 Å². The van der Waals surface area contributed by atoms with Gasteiger partial charge in [-0.05, 0) is 17.7 Å². The summed E-state index contributed by atoms with van der Waals surface area (Å²) >= 11 is 5.31. The van der Waals surface area contributed by atoms with E-state index in [0.717, 1.165) is 12.1 Å². The number of hydrogen-bond donors (Lipinski definition) is 2. The smallest absolute Gasteiger partial charge is 0.382 e. The van der Waals surface area contributed by atoms with Gasteiger partial charge in [0.15, 0.2) is 6.10 Å². The van der Waals surface area contributed by atoms with Crippen LogP contribution in [0.15, 0.2) is 18.2 Å². The molecule has 0 aliphatic rings. The molecule has 0 saturated heterocycles. The zero-order valence-corrected chi connectivity index (χ0v) is 11.0. The van der Waals surface area contributed by atoms with Crippen molar-refractivity contribution in [3.05, 3.63) is 34.3 Å². The van der Waals surface area contributed by atoms with Crippen molar-refractivity contribution in [3.8, 4) is 0 Å². The Morgan fingerprint density at radius 3 is 2.00 bits per heavy atom. The Bertz CT molecular complexity index is 462. The number of benzene rings is 1. The van der Waals surface area contributed by atoms with Gasteiger partial charge in [-0.1, -0.05) is 17.7 Å². The molecule has 0 fully saturated rings. The van der Waals surface area contributed by atoms with E-state index in [2.05, 4.69) is 0 Å². The molecule has 0 aliphatic heterocycles. The summed E-state index contributed by atoms with van der Waals surface area (Å²) in [6.45, 7) is 0. The Balaban J connectivity index is 0.00000361. The lowest BCUT2D eigenvalue weighted by Gasteiger charge is -2.22. The number of hydrogen-bond acceptors (Lipinski definition) is 2. The van der Waals surface area contributed by atoms with Gasteiger partial charge in [0.2, 0.25) is 0 Å². The van der Waals surface area contributed by atoms with Crippen molar-refractivity contribution >= 4 is 24.0 Å². The first-order valence-corrected chi connectivity index (χ1v) is 5.19. The SMILES string of the molecule is Cl.N[C@@H](c1ccc(Cl)c(C(F)(F)F)c1)[C@H](O)C(F)(F)F. The summed E-state index contributed by atoms with van der Waals surface area (Å²) in [5.41, 5.74) is 3.29. The maximum absolute atomic E-state index is 12.5. The highest BCUT2D eigenvalue weighted by Gasteiger charge is 2.43. The topological polar surface area (TPSA) is 46.2 Å². The lowest BCUT2D eigenvalue weighted by atomic mass is 9.99. The fraction of sp³-hybridized carbons (Fsp3) is 0.400. The Kier molecular flexibility index (Phi) is 6.16. The summed E-state index contributed by atoms with van der Waals surface area (Å²) in [7, 11) is 0. The highest BCUT2D eigenvalue weighted by molar-refractivity contribution is 6.31. The highest BCUT2D eigenvalue weighted by atomic mass is 35.5. The molecule has 1 aromatic rings. The van der Waals surface area contributed by atoms with Crippen LogP contribution >= 0.6 is 24.0 Å². The van der Waals surface area contributed by atoms with Gasteiger partial charge >= 0.3 is 12.4 Å². The van der Waals surface area contributed by atoms with Crippen molar-refractivity contribution in [1.82, 2.24) is 0 Å². The maximum atomic E-state index is 12.5. The van der Waals surface area contributed by atoms with Crippen LogP contribution in [0.25, 0.3) is 0 Å². The number of halogens is 8. The summed E-state index contributed by atoms with van der Waals surface area (Å²) in [4.78, 5) is 0. The number of aliphatic hydroxyl groups is 1. The molecule has 116 valence electrons. The fourth-order valence-electron chi connectivity index (χ4n) is 1.35. The minimum Gasteiger partial charge on any atom is -0.382 e. The Morgan fingerprint density at radius 2 is 1.60 bits per heavy atom. The first-order chi connectivity index (χ1) is 8.44. The summed E-state index contributed by atoms with van der Waals surface area (Å²) in [5.74, 6) is 0. The lowest BCUT2D eigenvalue weighted by molar-refractivity contribution is -0.210. The van der Waals surface area contributed by atoms with Crippen LogP contribution < -0.4 is 5.73 Å². The van der Waals surface area contributed by atoms with Crippen LogP contribution in [0.3, 0.4) is 0 Å². The van der Waals surface area contributed by atoms with Crippen molar-refractivity contribution in [2.24, 2.45) is 5.73 Å². The van der Waals surface area contributed by atoms with Crippen molar-refractivity contribution in [2.75, 3.05) is 0 Å². The largest absolute Gasteiger partial charge is 0.417 e. The third-order valence-corrected chi connectivity index (χ3v) is 2.69. The molecule has 0 radical (unpaired) electrons. The molecule has 2 atom stereocenters. The molecule has 0 spiro atoms. The van der Waals surface area contributed by atoms with E-state index < -0.39 is 40.6 Å². The first-order valence-electron chi connectivity index (χ1n) is 4.81. The average Bonchev–Trinajstić information content (AvgIpc) is 2.25. The number of alkyl halides is 6. The molecule has 0 unspecified atom stereocenters. The van der Waals surface area contributed by atoms with E-state index in [4.69, 9.17) is 22.4 Å². The van der Waals surface area contributed by atoms with E-state index in [9.17, 15) is 26.3 Å². The summed E-state index contributed by atoms with van der Waals surface area (Å²) in [6, 6.07) is 0.0420. The van der Waals surface area contributed by atoms with Crippen LogP contribution in [0.5, 0.6) is 0 Å². The second-order valence-corrected chi connectivity index (χ2v) is 4.16. The molecule has 0 saturated carbocycles. The van der Waals surface area contributed by atoms with Gasteiger partial charge in [0.1, 0.15) is 0 Å². The predicted molar refractivity (Wildman–Crippen MR) is 62.7 cm³/mol. The van der Waals surface area contributed by atoms with E-state index in [1.165, 1.54) is 0 Å². The van der Waals surface area contributed by atoms with E-state index in [0.29, 0.717) is 6.07 Å². The van der Waals surface area contributed by atoms with Gasteiger partial charge in [-0.2, -0.15) is 26.3 Å². The quantitative estimate of drug-likeness (QED) is 0.804. The molecular weight excluding hydrogens is 335 g/mol. The second kappa shape index (κ2) is 6.38. The van der Waals surface area contributed by atoms with Gasteiger partial charge in [0, 0.05) is 0 Å². The van der Waals surface area contributed by atoms with Crippen LogP contribution in [-0.4, -0.2) is 17.4 Å². The fourth-order valence-corrected chi connectivity index (χ4v) is 1.58. The monoisotopic (exact) mass is 343 g/mol. The summed E-state index contributed by atoms with van der Waals surface area (Å²) in [5, 5.41) is 8.24. The third kappa shape index (κ3) is 4.41. The molecule has 0 bridgehead atoms. The first kappa shape index (κ1) is 19.3. The molecule has 0 heterocycles. The van der Waals surface area contributed by atoms with E-state index in [1.54, 1.807) is 0 Å². The van der Waals surface area contributed by atoms with E-state index in [1.807, 2.05) is 0 Å². The summed E-state index contributed by atoms with van der Waals surface area (Å²) in [6.07, 6.45) is -12.8. The van der Waals surface area contributed by atoms with E-state index >= 15 is 0 Å². The lowest BCUT2D eigenvalue weighted by Crippen LogP contribution is -2.38. The second-order valence-electron chi connectivity index (χ2n) is 3.75. The van der Waals surface area contributed by atoms with Crippen LogP contribution in [-0.2, 0) is 6.18 Å². The minimum absolute atomic E-state index is 0. The molecule has 0 aromatic heterocycles. The minimum atomic E-state index is -5.03. The Morgan fingerprint density at radius 1 is 1.10 bits per heavy atom. The highest BCUT2D eigenvalue weighted by Crippen LogP contribution is 2.37. The van der Waals surface area contributed by atoms with Crippen LogP contribution in [0, 0.1) is 0 Å². The molecule has 0 amide bonds. The zero-order valence-electron chi connectivity index (χ0n) is 9.47. The Labute approximate surface area is 120 Å². The molecule has 20 heavy (non-hydrogen) atoms. The third-order valence-electron chi connectivity index (χ3n) is 2.36. The van der Waals surface area contributed by atoms with Crippen molar-refractivity contribution in [2.45, 2.75) is 24.5 Å². The summed E-state index contributed by atoms with van der Waals surface area (Å²) < 4.78 is 74.2. The van der Waals surface area contributed by atoms with Crippen LogP contribution in [0.1, 0.15) is 17.2 Å². The molecular formula is C10H9Cl2F6NO.